The van der Waals surface area contributed by atoms with Gasteiger partial charge in [0.1, 0.15) is 0 Å². The van der Waals surface area contributed by atoms with Crippen molar-refractivity contribution >= 4 is 18.2 Å². The molecule has 1 atom stereocenters. The molecular weight excluding hydrogens is 298 g/mol. The minimum absolute atomic E-state index is 0.150. The highest BCUT2D eigenvalue weighted by Crippen LogP contribution is 2.05. The summed E-state index contributed by atoms with van der Waals surface area (Å²) in [6.07, 6.45) is 7.20. The quantitative estimate of drug-likeness (QED) is 0.221. The van der Waals surface area contributed by atoms with Crippen molar-refractivity contribution in [3.05, 3.63) is 36.5 Å². The van der Waals surface area contributed by atoms with E-state index in [0.717, 1.165) is 0 Å². The molecule has 0 aliphatic carbocycles. The average molecular weight is 323 g/mol. The Morgan fingerprint density at radius 3 is 2.52 bits per heavy atom. The number of rotatable bonds is 9. The fourth-order valence-electron chi connectivity index (χ4n) is 1.81. The topological polar surface area (TPSA) is 90.0 Å². The van der Waals surface area contributed by atoms with Gasteiger partial charge < -0.3 is 0 Å². The van der Waals surface area contributed by atoms with E-state index in [4.69, 9.17) is 0 Å². The predicted octanol–water partition coefficient (Wildman–Crippen LogP) is 1.43. The highest BCUT2D eigenvalue weighted by Gasteiger charge is 2.23. The van der Waals surface area contributed by atoms with Crippen molar-refractivity contribution in [1.82, 2.24) is 15.5 Å². The minimum atomic E-state index is -0.661. The van der Waals surface area contributed by atoms with E-state index in [0.29, 0.717) is 23.6 Å². The fraction of sp³-hybridized carbons (Fsp3) is 0.438. The lowest BCUT2D eigenvalue weighted by Gasteiger charge is -2.26. The van der Waals surface area contributed by atoms with Gasteiger partial charge in [-0.3, -0.25) is 30.0 Å². The van der Waals surface area contributed by atoms with Crippen LogP contribution in [-0.2, 0) is 14.4 Å². The molecule has 0 fully saturated rings. The van der Waals surface area contributed by atoms with Crippen LogP contribution in [0.3, 0.4) is 0 Å². The van der Waals surface area contributed by atoms with Crippen LogP contribution in [0, 0.1) is 5.92 Å². The molecule has 7 heteroatoms. The second kappa shape index (κ2) is 11.2. The second-order valence-corrected chi connectivity index (χ2v) is 4.92. The van der Waals surface area contributed by atoms with Crippen LogP contribution in [0.15, 0.2) is 36.5 Å². The maximum absolute atomic E-state index is 12.4. The number of hydroxylamine groups is 2. The number of hydrogen-bond acceptors (Lipinski definition) is 4. The first-order valence-corrected chi connectivity index (χ1v) is 7.39. The van der Waals surface area contributed by atoms with Crippen LogP contribution >= 0.6 is 0 Å². The third kappa shape index (κ3) is 7.42. The zero-order valence-corrected chi connectivity index (χ0v) is 13.9. The monoisotopic (exact) mass is 323 g/mol. The van der Waals surface area contributed by atoms with Gasteiger partial charge in [-0.2, -0.15) is 0 Å². The minimum Gasteiger partial charge on any atom is -0.286 e. The molecule has 0 aromatic carbocycles. The summed E-state index contributed by atoms with van der Waals surface area (Å²) in [5.74, 6) is -1.49. The van der Waals surface area contributed by atoms with E-state index in [1.165, 1.54) is 17.2 Å². The summed E-state index contributed by atoms with van der Waals surface area (Å²) >= 11 is 0. The number of amides is 3. The Morgan fingerprint density at radius 1 is 1.39 bits per heavy atom. The summed E-state index contributed by atoms with van der Waals surface area (Å²) in [5.41, 5.74) is 2.91. The molecule has 0 radical (unpaired) electrons. The maximum atomic E-state index is 12.4. The van der Waals surface area contributed by atoms with E-state index in [1.807, 2.05) is 6.92 Å². The molecule has 7 nitrogen and oxygen atoms in total. The molecule has 0 spiro atoms. The molecule has 0 heterocycles. The Balaban J connectivity index is 5.06. The standard InChI is InChI=1S/C16H25N3O4/c1-5-8-14(9-6-2)15(21)17-19(10-7-3)16(22)13(4)11-18(23)12-20/h5-6,8-9,12-13,23H,1,7,10-11H2,2-4H3,(H,17,21)/b9-6-,14-8+. The van der Waals surface area contributed by atoms with Gasteiger partial charge in [-0.15, -0.1) is 0 Å². The fourth-order valence-corrected chi connectivity index (χ4v) is 1.81. The van der Waals surface area contributed by atoms with Crippen molar-refractivity contribution in [2.24, 2.45) is 5.92 Å². The van der Waals surface area contributed by atoms with E-state index in [1.54, 1.807) is 26.0 Å². The molecule has 0 aliphatic heterocycles. The molecule has 0 saturated heterocycles. The number of hydrogen-bond donors (Lipinski definition) is 2. The summed E-state index contributed by atoms with van der Waals surface area (Å²) in [6, 6.07) is 0. The van der Waals surface area contributed by atoms with Crippen molar-refractivity contribution < 1.29 is 19.6 Å². The highest BCUT2D eigenvalue weighted by atomic mass is 16.5. The van der Waals surface area contributed by atoms with Crippen LogP contribution in [-0.4, -0.2) is 46.6 Å². The van der Waals surface area contributed by atoms with Crippen LogP contribution in [0.2, 0.25) is 0 Å². The normalized spacial score (nSPS) is 12.6. The van der Waals surface area contributed by atoms with Crippen molar-refractivity contribution in [3.63, 3.8) is 0 Å². The third-order valence-electron chi connectivity index (χ3n) is 2.86. The highest BCUT2D eigenvalue weighted by molar-refractivity contribution is 5.97. The van der Waals surface area contributed by atoms with Crippen molar-refractivity contribution in [1.29, 1.82) is 0 Å². The van der Waals surface area contributed by atoms with Gasteiger partial charge in [0, 0.05) is 12.1 Å². The number of hydrazine groups is 1. The van der Waals surface area contributed by atoms with Crippen LogP contribution < -0.4 is 5.43 Å². The van der Waals surface area contributed by atoms with Crippen molar-refractivity contribution in [3.8, 4) is 0 Å². The third-order valence-corrected chi connectivity index (χ3v) is 2.86. The Hall–Kier alpha value is -2.41. The van der Waals surface area contributed by atoms with Gasteiger partial charge in [-0.1, -0.05) is 38.7 Å². The molecule has 0 aromatic heterocycles. The molecule has 3 amide bonds. The molecule has 0 rings (SSSR count). The molecule has 0 bridgehead atoms. The SMILES string of the molecule is C=C/C=C(\C=C/C)C(=O)NN(CCC)C(=O)C(C)CN(O)C=O. The van der Waals surface area contributed by atoms with Gasteiger partial charge in [0.15, 0.2) is 0 Å². The number of nitrogens with one attached hydrogen (secondary N) is 1. The molecule has 0 saturated carbocycles. The van der Waals surface area contributed by atoms with Crippen molar-refractivity contribution in [2.45, 2.75) is 27.2 Å². The smallest absolute Gasteiger partial charge is 0.269 e. The van der Waals surface area contributed by atoms with Crippen LogP contribution in [0.25, 0.3) is 0 Å². The van der Waals surface area contributed by atoms with Crippen molar-refractivity contribution in [2.75, 3.05) is 13.1 Å². The van der Waals surface area contributed by atoms with E-state index in [9.17, 15) is 19.6 Å². The van der Waals surface area contributed by atoms with E-state index in [2.05, 4.69) is 12.0 Å². The second-order valence-electron chi connectivity index (χ2n) is 4.92. The maximum Gasteiger partial charge on any atom is 0.269 e. The van der Waals surface area contributed by atoms with E-state index < -0.39 is 11.8 Å². The average Bonchev–Trinajstić information content (AvgIpc) is 2.53. The summed E-state index contributed by atoms with van der Waals surface area (Å²) in [4.78, 5) is 35.0. The zero-order chi connectivity index (χ0) is 17.8. The lowest BCUT2D eigenvalue weighted by molar-refractivity contribution is -0.157. The van der Waals surface area contributed by atoms with E-state index in [-0.39, 0.29) is 18.9 Å². The first-order chi connectivity index (χ1) is 10.9. The van der Waals surface area contributed by atoms with Gasteiger partial charge in [0.2, 0.25) is 12.3 Å². The Bertz CT molecular complexity index is 486. The van der Waals surface area contributed by atoms with Crippen LogP contribution in [0.5, 0.6) is 0 Å². The number of carbonyl (C=O) groups excluding carboxylic acids is 3. The Labute approximate surface area is 136 Å². The Kier molecular flexibility index (Phi) is 10.0. The van der Waals surface area contributed by atoms with Crippen LogP contribution in [0.4, 0.5) is 0 Å². The van der Waals surface area contributed by atoms with Crippen LogP contribution in [0.1, 0.15) is 27.2 Å². The summed E-state index contributed by atoms with van der Waals surface area (Å²) < 4.78 is 0. The molecule has 23 heavy (non-hydrogen) atoms. The predicted molar refractivity (Wildman–Crippen MR) is 87.0 cm³/mol. The molecule has 1 unspecified atom stereocenters. The van der Waals surface area contributed by atoms with Gasteiger partial charge >= 0.3 is 0 Å². The largest absolute Gasteiger partial charge is 0.286 e. The zero-order valence-electron chi connectivity index (χ0n) is 13.9. The number of allylic oxidation sites excluding steroid dienone is 3. The van der Waals surface area contributed by atoms with Gasteiger partial charge in [0.05, 0.1) is 12.5 Å². The summed E-state index contributed by atoms with van der Waals surface area (Å²) in [7, 11) is 0. The number of carbonyl (C=O) groups is 3. The molecular formula is C16H25N3O4. The lowest BCUT2D eigenvalue weighted by atomic mass is 10.1. The van der Waals surface area contributed by atoms with Gasteiger partial charge in [-0.25, -0.2) is 5.06 Å². The first-order valence-electron chi connectivity index (χ1n) is 7.39. The van der Waals surface area contributed by atoms with Gasteiger partial charge in [0.25, 0.3) is 5.91 Å². The van der Waals surface area contributed by atoms with E-state index >= 15 is 0 Å². The summed E-state index contributed by atoms with van der Waals surface area (Å²) in [6.45, 7) is 8.93. The number of nitrogens with zero attached hydrogens (tertiary/aromatic N) is 2. The molecule has 128 valence electrons. The van der Waals surface area contributed by atoms with Gasteiger partial charge in [-0.05, 0) is 19.4 Å². The summed E-state index contributed by atoms with van der Waals surface area (Å²) in [5, 5.41) is 10.8. The molecule has 0 aromatic rings. The molecule has 2 N–H and O–H groups in total. The first kappa shape index (κ1) is 20.6. The molecule has 0 aliphatic rings. The lowest BCUT2D eigenvalue weighted by Crippen LogP contribution is -2.50. The Morgan fingerprint density at radius 2 is 2.04 bits per heavy atom.